The minimum absolute atomic E-state index is 0.0775. The lowest BCUT2D eigenvalue weighted by Crippen LogP contribution is -2.33. The molecule has 1 amide bonds. The second-order valence-electron chi connectivity index (χ2n) is 4.57. The van der Waals surface area contributed by atoms with Gasteiger partial charge in [0.25, 0.3) is 0 Å². The highest BCUT2D eigenvalue weighted by atomic mass is 79.9. The molecule has 0 fully saturated rings. The Morgan fingerprint density at radius 2 is 2.12 bits per heavy atom. The smallest absolute Gasteiger partial charge is 0.240 e. The predicted octanol–water partition coefficient (Wildman–Crippen LogP) is 2.85. The Hall–Kier alpha value is -0.490. The molecule has 16 heavy (non-hydrogen) atoms. The number of aromatic nitrogens is 2. The average Bonchev–Trinajstić information content (AvgIpc) is 2.63. The van der Waals surface area contributed by atoms with Crippen molar-refractivity contribution >= 4 is 38.3 Å². The minimum atomic E-state index is -0.242. The lowest BCUT2D eigenvalue weighted by molar-refractivity contribution is -0.117. The number of alkyl halides is 1. The van der Waals surface area contributed by atoms with Crippen LogP contribution in [0.2, 0.25) is 0 Å². The van der Waals surface area contributed by atoms with Crippen LogP contribution in [-0.4, -0.2) is 20.9 Å². The zero-order valence-corrected chi connectivity index (χ0v) is 12.3. The van der Waals surface area contributed by atoms with E-state index in [9.17, 15) is 4.79 Å². The molecule has 4 nitrogen and oxygen atoms in total. The molecular formula is C10H16BrN3OS. The summed E-state index contributed by atoms with van der Waals surface area (Å²) < 4.78 is 0. The van der Waals surface area contributed by atoms with Gasteiger partial charge >= 0.3 is 0 Å². The molecule has 0 aliphatic heterocycles. The zero-order chi connectivity index (χ0) is 12.3. The van der Waals surface area contributed by atoms with Crippen LogP contribution in [0.3, 0.4) is 0 Å². The van der Waals surface area contributed by atoms with E-state index in [1.165, 1.54) is 11.3 Å². The molecule has 0 aliphatic rings. The summed E-state index contributed by atoms with van der Waals surface area (Å²) in [5, 5.41) is 12.1. The summed E-state index contributed by atoms with van der Waals surface area (Å²) in [6.45, 7) is 8.02. The van der Waals surface area contributed by atoms with Gasteiger partial charge in [0, 0.05) is 0 Å². The van der Waals surface area contributed by atoms with E-state index in [0.29, 0.717) is 5.13 Å². The Morgan fingerprint density at radius 3 is 2.56 bits per heavy atom. The van der Waals surface area contributed by atoms with Gasteiger partial charge in [0.15, 0.2) is 0 Å². The highest BCUT2D eigenvalue weighted by Crippen LogP contribution is 2.27. The number of carbonyl (C=O) groups is 1. The van der Waals surface area contributed by atoms with E-state index in [4.69, 9.17) is 0 Å². The Bertz CT molecular complexity index is 372. The van der Waals surface area contributed by atoms with Crippen LogP contribution in [0.4, 0.5) is 5.13 Å². The van der Waals surface area contributed by atoms with Crippen LogP contribution in [0.1, 0.15) is 32.7 Å². The van der Waals surface area contributed by atoms with Crippen molar-refractivity contribution in [3.8, 4) is 0 Å². The standard InChI is InChI=1S/C10H16BrN3OS/c1-5-6-13-14-9(16-6)12-8(15)7(11)10(2,3)4/h7H,5H2,1-4H3,(H,12,14,15). The fourth-order valence-electron chi connectivity index (χ4n) is 1.01. The molecule has 1 rings (SSSR count). The van der Waals surface area contributed by atoms with Crippen LogP contribution < -0.4 is 5.32 Å². The lowest BCUT2D eigenvalue weighted by Gasteiger charge is -2.23. The second-order valence-corrected chi connectivity index (χ2v) is 6.55. The number of hydrogen-bond donors (Lipinski definition) is 1. The SMILES string of the molecule is CCc1nnc(NC(=O)C(Br)C(C)(C)C)s1. The fraction of sp³-hybridized carbons (Fsp3) is 0.700. The molecule has 6 heteroatoms. The zero-order valence-electron chi connectivity index (χ0n) is 9.87. The number of halogens is 1. The van der Waals surface area contributed by atoms with E-state index >= 15 is 0 Å². The van der Waals surface area contributed by atoms with Crippen LogP contribution in [0.25, 0.3) is 0 Å². The molecule has 1 unspecified atom stereocenters. The molecular weight excluding hydrogens is 290 g/mol. The molecule has 1 atom stereocenters. The van der Waals surface area contributed by atoms with Crippen molar-refractivity contribution in [1.29, 1.82) is 0 Å². The third kappa shape index (κ3) is 3.52. The van der Waals surface area contributed by atoms with Gasteiger partial charge < -0.3 is 0 Å². The molecule has 1 aromatic heterocycles. The van der Waals surface area contributed by atoms with Crippen molar-refractivity contribution in [1.82, 2.24) is 10.2 Å². The number of nitrogens with zero attached hydrogens (tertiary/aromatic N) is 2. The summed E-state index contributed by atoms with van der Waals surface area (Å²) in [7, 11) is 0. The molecule has 0 bridgehead atoms. The number of carbonyl (C=O) groups excluding carboxylic acids is 1. The number of amides is 1. The third-order valence-electron chi connectivity index (χ3n) is 1.99. The Labute approximate surface area is 108 Å². The van der Waals surface area contributed by atoms with Crippen LogP contribution in [-0.2, 0) is 11.2 Å². The van der Waals surface area contributed by atoms with E-state index in [1.54, 1.807) is 0 Å². The Kier molecular flexibility index (Phi) is 4.43. The normalized spacial score (nSPS) is 13.6. The number of nitrogens with one attached hydrogen (secondary N) is 1. The first-order valence-electron chi connectivity index (χ1n) is 5.12. The summed E-state index contributed by atoms with van der Waals surface area (Å²) in [5.41, 5.74) is -0.123. The quantitative estimate of drug-likeness (QED) is 0.874. The van der Waals surface area contributed by atoms with E-state index < -0.39 is 0 Å². The Balaban J connectivity index is 2.64. The van der Waals surface area contributed by atoms with Crippen LogP contribution in [0.5, 0.6) is 0 Å². The highest BCUT2D eigenvalue weighted by Gasteiger charge is 2.29. The molecule has 0 radical (unpaired) electrons. The molecule has 1 aromatic rings. The molecule has 90 valence electrons. The van der Waals surface area contributed by atoms with Gasteiger partial charge in [-0.3, -0.25) is 10.1 Å². The molecule has 1 N–H and O–H groups in total. The van der Waals surface area contributed by atoms with Crippen molar-refractivity contribution in [3.05, 3.63) is 5.01 Å². The van der Waals surface area contributed by atoms with Crippen molar-refractivity contribution < 1.29 is 4.79 Å². The van der Waals surface area contributed by atoms with Gasteiger partial charge in [-0.05, 0) is 11.8 Å². The van der Waals surface area contributed by atoms with Gasteiger partial charge in [-0.15, -0.1) is 10.2 Å². The van der Waals surface area contributed by atoms with Crippen LogP contribution in [0.15, 0.2) is 0 Å². The lowest BCUT2D eigenvalue weighted by atomic mass is 9.92. The first-order valence-corrected chi connectivity index (χ1v) is 6.85. The maximum Gasteiger partial charge on any atom is 0.240 e. The molecule has 0 saturated carbocycles. The Morgan fingerprint density at radius 1 is 1.50 bits per heavy atom. The monoisotopic (exact) mass is 305 g/mol. The topological polar surface area (TPSA) is 54.9 Å². The maximum atomic E-state index is 11.8. The van der Waals surface area contributed by atoms with Crippen molar-refractivity contribution in [2.24, 2.45) is 5.41 Å². The van der Waals surface area contributed by atoms with Crippen molar-refractivity contribution in [3.63, 3.8) is 0 Å². The van der Waals surface area contributed by atoms with Gasteiger partial charge in [0.05, 0.1) is 4.83 Å². The second kappa shape index (κ2) is 5.23. The molecule has 0 saturated heterocycles. The van der Waals surface area contributed by atoms with Gasteiger partial charge in [-0.1, -0.05) is 55.0 Å². The van der Waals surface area contributed by atoms with E-state index in [2.05, 4.69) is 31.4 Å². The summed E-state index contributed by atoms with van der Waals surface area (Å²) in [6.07, 6.45) is 0.838. The molecule has 0 spiro atoms. The van der Waals surface area contributed by atoms with Crippen LogP contribution >= 0.6 is 27.3 Å². The van der Waals surface area contributed by atoms with Crippen molar-refractivity contribution in [2.45, 2.75) is 38.9 Å². The van der Waals surface area contributed by atoms with E-state index in [0.717, 1.165) is 11.4 Å². The summed E-state index contributed by atoms with van der Waals surface area (Å²) in [5.74, 6) is -0.0775. The van der Waals surface area contributed by atoms with E-state index in [-0.39, 0.29) is 16.1 Å². The molecule has 1 heterocycles. The van der Waals surface area contributed by atoms with Gasteiger partial charge in [0.1, 0.15) is 5.01 Å². The first-order chi connectivity index (χ1) is 7.34. The maximum absolute atomic E-state index is 11.8. The summed E-state index contributed by atoms with van der Waals surface area (Å²) in [6, 6.07) is 0. The highest BCUT2D eigenvalue weighted by molar-refractivity contribution is 9.10. The average molecular weight is 306 g/mol. The molecule has 0 aliphatic carbocycles. The first kappa shape index (κ1) is 13.6. The predicted molar refractivity (Wildman–Crippen MR) is 70.1 cm³/mol. The number of rotatable bonds is 3. The minimum Gasteiger partial charge on any atom is -0.300 e. The van der Waals surface area contributed by atoms with Gasteiger partial charge in [-0.2, -0.15) is 0 Å². The fourth-order valence-corrected chi connectivity index (χ4v) is 1.81. The number of hydrogen-bond acceptors (Lipinski definition) is 4. The van der Waals surface area contributed by atoms with Crippen LogP contribution in [0, 0.1) is 5.41 Å². The van der Waals surface area contributed by atoms with Gasteiger partial charge in [0.2, 0.25) is 11.0 Å². The largest absolute Gasteiger partial charge is 0.300 e. The summed E-state index contributed by atoms with van der Waals surface area (Å²) in [4.78, 5) is 11.6. The molecule has 0 aromatic carbocycles. The summed E-state index contributed by atoms with van der Waals surface area (Å²) >= 11 is 4.80. The van der Waals surface area contributed by atoms with E-state index in [1.807, 2.05) is 27.7 Å². The van der Waals surface area contributed by atoms with Gasteiger partial charge in [-0.25, -0.2) is 0 Å². The number of anilines is 1. The number of aryl methyl sites for hydroxylation is 1. The van der Waals surface area contributed by atoms with Crippen molar-refractivity contribution in [2.75, 3.05) is 5.32 Å². The third-order valence-corrected chi connectivity index (χ3v) is 4.76.